The van der Waals surface area contributed by atoms with E-state index in [1.165, 1.54) is 10.9 Å². The molecule has 0 aliphatic carbocycles. The molecule has 1 aromatic heterocycles. The van der Waals surface area contributed by atoms with Gasteiger partial charge in [0.2, 0.25) is 5.91 Å². The number of primary amides is 1. The van der Waals surface area contributed by atoms with Crippen LogP contribution in [-0.2, 0) is 22.6 Å². The minimum atomic E-state index is -0.269. The lowest BCUT2D eigenvalue weighted by Crippen LogP contribution is -2.24. The molecule has 5 nitrogen and oxygen atoms in total. The fraction of sp³-hybridized carbons (Fsp3) is 0.438. The second kappa shape index (κ2) is 7.24. The first-order valence-corrected chi connectivity index (χ1v) is 7.18. The molecule has 0 saturated carbocycles. The van der Waals surface area contributed by atoms with Crippen LogP contribution in [0, 0.1) is 5.92 Å². The summed E-state index contributed by atoms with van der Waals surface area (Å²) >= 11 is 0. The van der Waals surface area contributed by atoms with E-state index in [2.05, 4.69) is 34.1 Å². The summed E-state index contributed by atoms with van der Waals surface area (Å²) in [7, 11) is 1.69. The van der Waals surface area contributed by atoms with Gasteiger partial charge >= 0.3 is 0 Å². The lowest BCUT2D eigenvalue weighted by Gasteiger charge is -2.11. The summed E-state index contributed by atoms with van der Waals surface area (Å²) in [5, 5.41) is 4.50. The van der Waals surface area contributed by atoms with Crippen LogP contribution in [0.3, 0.4) is 0 Å². The Morgan fingerprint density at radius 2 is 2.24 bits per heavy atom. The van der Waals surface area contributed by atoms with Crippen molar-refractivity contribution in [2.45, 2.75) is 20.0 Å². The third-order valence-electron chi connectivity index (χ3n) is 3.61. The normalized spacial score (nSPS) is 12.7. The van der Waals surface area contributed by atoms with Gasteiger partial charge in [0.05, 0.1) is 12.5 Å². The van der Waals surface area contributed by atoms with Gasteiger partial charge in [-0.3, -0.25) is 4.79 Å². The van der Waals surface area contributed by atoms with Gasteiger partial charge in [-0.1, -0.05) is 19.1 Å². The van der Waals surface area contributed by atoms with Crippen molar-refractivity contribution >= 4 is 16.8 Å². The zero-order valence-corrected chi connectivity index (χ0v) is 12.6. The third-order valence-corrected chi connectivity index (χ3v) is 3.61. The molecule has 1 unspecified atom stereocenters. The molecule has 0 fully saturated rings. The van der Waals surface area contributed by atoms with Gasteiger partial charge < -0.3 is 20.4 Å². The second-order valence-electron chi connectivity index (χ2n) is 5.33. The summed E-state index contributed by atoms with van der Waals surface area (Å²) < 4.78 is 7.10. The van der Waals surface area contributed by atoms with Crippen LogP contribution in [0.15, 0.2) is 30.5 Å². The van der Waals surface area contributed by atoms with Crippen LogP contribution in [0.25, 0.3) is 10.9 Å². The van der Waals surface area contributed by atoms with E-state index >= 15 is 0 Å². The molecule has 0 aliphatic heterocycles. The Morgan fingerprint density at radius 3 is 2.95 bits per heavy atom. The van der Waals surface area contributed by atoms with Crippen molar-refractivity contribution in [2.75, 3.05) is 20.3 Å². The van der Waals surface area contributed by atoms with Crippen molar-refractivity contribution in [2.24, 2.45) is 11.7 Å². The summed E-state index contributed by atoms with van der Waals surface area (Å²) in [5.74, 6) is -0.446. The molecule has 1 aromatic carbocycles. The largest absolute Gasteiger partial charge is 0.383 e. The number of ether oxygens (including phenoxy) is 1. The van der Waals surface area contributed by atoms with Crippen LogP contribution in [-0.4, -0.2) is 30.7 Å². The third kappa shape index (κ3) is 4.06. The van der Waals surface area contributed by atoms with Crippen molar-refractivity contribution < 1.29 is 9.53 Å². The van der Waals surface area contributed by atoms with E-state index in [-0.39, 0.29) is 11.8 Å². The Bertz CT molecular complexity index is 607. The van der Waals surface area contributed by atoms with Gasteiger partial charge in [-0.05, 0) is 23.1 Å². The maximum atomic E-state index is 11.2. The lowest BCUT2D eigenvalue weighted by molar-refractivity contribution is -0.121. The maximum absolute atomic E-state index is 11.2. The molecule has 3 N–H and O–H groups in total. The molecule has 1 heterocycles. The summed E-state index contributed by atoms with van der Waals surface area (Å²) in [6.45, 7) is 4.79. The van der Waals surface area contributed by atoms with Crippen LogP contribution in [0.4, 0.5) is 0 Å². The van der Waals surface area contributed by atoms with Crippen LogP contribution >= 0.6 is 0 Å². The first-order valence-electron chi connectivity index (χ1n) is 7.18. The molecule has 21 heavy (non-hydrogen) atoms. The average molecular weight is 289 g/mol. The van der Waals surface area contributed by atoms with Crippen LogP contribution in [0.5, 0.6) is 0 Å². The average Bonchev–Trinajstić information content (AvgIpc) is 2.86. The standard InChI is InChI=1S/C16H23N3O2/c1-12(16(17)20)11-19-7-5-14-4-3-13(9-15(14)19)10-18-6-8-21-2/h3-5,7,9,12,18H,6,8,10-11H2,1-2H3,(H2,17,20). The predicted molar refractivity (Wildman–Crippen MR) is 83.9 cm³/mol. The van der Waals surface area contributed by atoms with Gasteiger partial charge in [0, 0.05) is 38.5 Å². The Hall–Kier alpha value is -1.85. The van der Waals surface area contributed by atoms with Crippen molar-refractivity contribution in [3.8, 4) is 0 Å². The summed E-state index contributed by atoms with van der Waals surface area (Å²) in [6.07, 6.45) is 2.01. The second-order valence-corrected chi connectivity index (χ2v) is 5.33. The summed E-state index contributed by atoms with van der Waals surface area (Å²) in [6, 6.07) is 8.44. The van der Waals surface area contributed by atoms with E-state index in [1.807, 2.05) is 13.1 Å². The fourth-order valence-corrected chi connectivity index (χ4v) is 2.29. The Kier molecular flexibility index (Phi) is 5.36. The number of hydrogen-bond acceptors (Lipinski definition) is 3. The molecule has 0 saturated heterocycles. The number of methoxy groups -OCH3 is 1. The first-order chi connectivity index (χ1) is 10.1. The van der Waals surface area contributed by atoms with Crippen LogP contribution < -0.4 is 11.1 Å². The highest BCUT2D eigenvalue weighted by molar-refractivity contribution is 5.81. The van der Waals surface area contributed by atoms with E-state index in [1.54, 1.807) is 7.11 Å². The van der Waals surface area contributed by atoms with E-state index in [9.17, 15) is 4.79 Å². The summed E-state index contributed by atoms with van der Waals surface area (Å²) in [4.78, 5) is 11.2. The Balaban J connectivity index is 2.11. The fourth-order valence-electron chi connectivity index (χ4n) is 2.29. The van der Waals surface area contributed by atoms with Crippen LogP contribution in [0.2, 0.25) is 0 Å². The van der Waals surface area contributed by atoms with Gasteiger partial charge in [-0.25, -0.2) is 0 Å². The molecule has 1 atom stereocenters. The lowest BCUT2D eigenvalue weighted by atomic mass is 10.1. The molecular weight excluding hydrogens is 266 g/mol. The number of benzene rings is 1. The van der Waals surface area contributed by atoms with Gasteiger partial charge in [0.25, 0.3) is 0 Å². The number of carbonyl (C=O) groups excluding carboxylic acids is 1. The van der Waals surface area contributed by atoms with Crippen molar-refractivity contribution in [3.05, 3.63) is 36.0 Å². The first kappa shape index (κ1) is 15.5. The molecule has 0 spiro atoms. The number of fused-ring (bicyclic) bond motifs is 1. The molecule has 114 valence electrons. The van der Waals surface area contributed by atoms with Gasteiger partial charge in [0.1, 0.15) is 0 Å². The highest BCUT2D eigenvalue weighted by Gasteiger charge is 2.11. The van der Waals surface area contributed by atoms with Gasteiger partial charge in [-0.2, -0.15) is 0 Å². The number of hydrogen-bond donors (Lipinski definition) is 2. The quantitative estimate of drug-likeness (QED) is 0.724. The Labute approximate surface area is 125 Å². The molecule has 1 amide bonds. The predicted octanol–water partition coefficient (Wildman–Crippen LogP) is 1.50. The number of aromatic nitrogens is 1. The summed E-state index contributed by atoms with van der Waals surface area (Å²) in [5.41, 5.74) is 7.69. The number of carbonyl (C=O) groups is 1. The van der Waals surface area contributed by atoms with Crippen molar-refractivity contribution in [3.63, 3.8) is 0 Å². The monoisotopic (exact) mass is 289 g/mol. The van der Waals surface area contributed by atoms with E-state index < -0.39 is 0 Å². The molecule has 5 heteroatoms. The van der Waals surface area contributed by atoms with Crippen molar-refractivity contribution in [1.29, 1.82) is 0 Å². The van der Waals surface area contributed by atoms with Crippen molar-refractivity contribution in [1.82, 2.24) is 9.88 Å². The number of rotatable bonds is 8. The van der Waals surface area contributed by atoms with Crippen LogP contribution in [0.1, 0.15) is 12.5 Å². The topological polar surface area (TPSA) is 69.3 Å². The molecule has 2 aromatic rings. The SMILES string of the molecule is COCCNCc1ccc2ccn(CC(C)C(N)=O)c2c1. The smallest absolute Gasteiger partial charge is 0.222 e. The number of nitrogens with two attached hydrogens (primary N) is 1. The van der Waals surface area contributed by atoms with E-state index in [4.69, 9.17) is 10.5 Å². The number of nitrogens with one attached hydrogen (secondary N) is 1. The molecule has 0 radical (unpaired) electrons. The minimum absolute atomic E-state index is 0.177. The minimum Gasteiger partial charge on any atom is -0.383 e. The van der Waals surface area contributed by atoms with E-state index in [0.717, 1.165) is 18.6 Å². The van der Waals surface area contributed by atoms with Gasteiger partial charge in [0.15, 0.2) is 0 Å². The van der Waals surface area contributed by atoms with E-state index in [0.29, 0.717) is 13.2 Å². The zero-order valence-electron chi connectivity index (χ0n) is 12.6. The number of amides is 1. The highest BCUT2D eigenvalue weighted by atomic mass is 16.5. The highest BCUT2D eigenvalue weighted by Crippen LogP contribution is 2.19. The molecule has 0 aliphatic rings. The number of nitrogens with zero attached hydrogens (tertiary/aromatic N) is 1. The maximum Gasteiger partial charge on any atom is 0.222 e. The zero-order chi connectivity index (χ0) is 15.2. The Morgan fingerprint density at radius 1 is 1.43 bits per heavy atom. The molecule has 2 rings (SSSR count). The molecular formula is C16H23N3O2. The molecule has 0 bridgehead atoms. The van der Waals surface area contributed by atoms with Gasteiger partial charge in [-0.15, -0.1) is 0 Å².